The fourth-order valence-electron chi connectivity index (χ4n) is 4.15. The highest BCUT2D eigenvalue weighted by Gasteiger charge is 2.28. The van der Waals surface area contributed by atoms with Crippen molar-refractivity contribution in [2.24, 2.45) is 12.2 Å². The van der Waals surface area contributed by atoms with Crippen molar-refractivity contribution < 1.29 is 14.4 Å². The standard InChI is InChI=1S/C22H28FN5O2S/c1-25-11-7-19-20(24-30)8-12-27(22(29)21(19)25)10-2-9-26-13-15-28(16-14-26)31-18-5-3-17(23)4-6-18/h3-7,11,30H,2,8-10,12-16H2,1H3. The van der Waals surface area contributed by atoms with E-state index < -0.39 is 0 Å². The molecule has 0 radical (unpaired) electrons. The third kappa shape index (κ3) is 5.11. The van der Waals surface area contributed by atoms with Crippen molar-refractivity contribution in [3.05, 3.63) is 53.6 Å². The number of piperazine rings is 1. The van der Waals surface area contributed by atoms with E-state index in [-0.39, 0.29) is 11.7 Å². The maximum atomic E-state index is 13.1. The molecule has 0 spiro atoms. The summed E-state index contributed by atoms with van der Waals surface area (Å²) >= 11 is 1.68. The van der Waals surface area contributed by atoms with E-state index in [0.717, 1.165) is 49.6 Å². The Bertz CT molecular complexity index is 938. The molecule has 166 valence electrons. The second-order valence-electron chi connectivity index (χ2n) is 7.95. The van der Waals surface area contributed by atoms with E-state index in [9.17, 15) is 14.4 Å². The van der Waals surface area contributed by atoms with Gasteiger partial charge in [0.05, 0.1) is 5.71 Å². The predicted octanol–water partition coefficient (Wildman–Crippen LogP) is 2.90. The number of halogens is 1. The van der Waals surface area contributed by atoms with Crippen LogP contribution in [0.3, 0.4) is 0 Å². The van der Waals surface area contributed by atoms with Gasteiger partial charge in [0.25, 0.3) is 5.91 Å². The van der Waals surface area contributed by atoms with Gasteiger partial charge in [-0.25, -0.2) is 8.70 Å². The van der Waals surface area contributed by atoms with Gasteiger partial charge in [-0.2, -0.15) is 0 Å². The van der Waals surface area contributed by atoms with Gasteiger partial charge in [-0.05, 0) is 55.2 Å². The second kappa shape index (κ2) is 9.84. The Morgan fingerprint density at radius 1 is 1.06 bits per heavy atom. The molecule has 1 saturated heterocycles. The van der Waals surface area contributed by atoms with Gasteiger partial charge in [-0.15, -0.1) is 0 Å². The Hall–Kier alpha value is -2.36. The molecule has 9 heteroatoms. The maximum Gasteiger partial charge on any atom is 0.271 e. The summed E-state index contributed by atoms with van der Waals surface area (Å²) in [4.78, 5) is 18.4. The lowest BCUT2D eigenvalue weighted by Gasteiger charge is -2.34. The molecule has 1 fully saturated rings. The molecule has 0 aliphatic carbocycles. The van der Waals surface area contributed by atoms with Crippen molar-refractivity contribution in [2.75, 3.05) is 45.8 Å². The van der Waals surface area contributed by atoms with E-state index >= 15 is 0 Å². The number of carbonyl (C=O) groups excluding carboxylic acids is 1. The van der Waals surface area contributed by atoms with Crippen LogP contribution in [-0.2, 0) is 7.05 Å². The molecule has 1 aromatic carbocycles. The Kier molecular flexibility index (Phi) is 6.94. The first-order valence-corrected chi connectivity index (χ1v) is 11.4. The number of aryl methyl sites for hydroxylation is 1. The molecule has 0 unspecified atom stereocenters. The number of hydrogen-bond donors (Lipinski definition) is 1. The highest BCUT2D eigenvalue weighted by molar-refractivity contribution is 7.97. The van der Waals surface area contributed by atoms with Gasteiger partial charge in [-0.3, -0.25) is 4.79 Å². The van der Waals surface area contributed by atoms with Gasteiger partial charge in [0.15, 0.2) is 0 Å². The summed E-state index contributed by atoms with van der Waals surface area (Å²) in [6.45, 7) is 6.06. The SMILES string of the molecule is Cn1ccc2c1C(=O)N(CCCN1CCN(Sc3ccc(F)cc3)CC1)CCC2=NO. The van der Waals surface area contributed by atoms with E-state index in [4.69, 9.17) is 0 Å². The van der Waals surface area contributed by atoms with Gasteiger partial charge >= 0.3 is 0 Å². The van der Waals surface area contributed by atoms with Crippen LogP contribution in [0.2, 0.25) is 0 Å². The fourth-order valence-corrected chi connectivity index (χ4v) is 5.05. The normalized spacial score (nSPS) is 19.6. The molecule has 2 aliphatic heterocycles. The lowest BCUT2D eigenvalue weighted by molar-refractivity contribution is 0.0743. The van der Waals surface area contributed by atoms with E-state index in [1.807, 2.05) is 36.3 Å². The molecular formula is C22H28FN5O2S. The van der Waals surface area contributed by atoms with Crippen molar-refractivity contribution in [3.8, 4) is 0 Å². The number of nitrogens with zero attached hydrogens (tertiary/aromatic N) is 5. The van der Waals surface area contributed by atoms with Crippen LogP contribution in [0.15, 0.2) is 46.6 Å². The van der Waals surface area contributed by atoms with Crippen LogP contribution in [0.1, 0.15) is 28.9 Å². The molecule has 0 saturated carbocycles. The van der Waals surface area contributed by atoms with Gasteiger partial charge in [-0.1, -0.05) is 5.16 Å². The van der Waals surface area contributed by atoms with E-state index in [1.165, 1.54) is 12.1 Å². The molecule has 7 nitrogen and oxygen atoms in total. The van der Waals surface area contributed by atoms with Gasteiger partial charge < -0.3 is 19.6 Å². The summed E-state index contributed by atoms with van der Waals surface area (Å²) in [7, 11) is 1.85. The molecule has 2 aliphatic rings. The highest BCUT2D eigenvalue weighted by Crippen LogP contribution is 2.24. The topological polar surface area (TPSA) is 64.3 Å². The average Bonchev–Trinajstić information content (AvgIpc) is 3.10. The van der Waals surface area contributed by atoms with Crippen LogP contribution in [0.5, 0.6) is 0 Å². The number of hydrogen-bond acceptors (Lipinski definition) is 6. The Morgan fingerprint density at radius 3 is 2.52 bits per heavy atom. The maximum absolute atomic E-state index is 13.1. The zero-order valence-corrected chi connectivity index (χ0v) is 18.5. The van der Waals surface area contributed by atoms with Crippen molar-refractivity contribution in [1.29, 1.82) is 0 Å². The summed E-state index contributed by atoms with van der Waals surface area (Å²) in [5.74, 6) is -0.207. The van der Waals surface area contributed by atoms with Crippen LogP contribution >= 0.6 is 11.9 Å². The predicted molar refractivity (Wildman–Crippen MR) is 119 cm³/mol. The van der Waals surface area contributed by atoms with Crippen molar-refractivity contribution in [1.82, 2.24) is 18.7 Å². The summed E-state index contributed by atoms with van der Waals surface area (Å²) < 4.78 is 17.2. The van der Waals surface area contributed by atoms with E-state index in [0.29, 0.717) is 30.9 Å². The molecule has 1 N–H and O–H groups in total. The van der Waals surface area contributed by atoms with E-state index in [2.05, 4.69) is 14.4 Å². The highest BCUT2D eigenvalue weighted by atomic mass is 32.2. The van der Waals surface area contributed by atoms with Crippen LogP contribution in [0.25, 0.3) is 0 Å². The zero-order chi connectivity index (χ0) is 21.8. The monoisotopic (exact) mass is 445 g/mol. The summed E-state index contributed by atoms with van der Waals surface area (Å²) in [6, 6.07) is 8.47. The molecule has 0 atom stereocenters. The third-order valence-electron chi connectivity index (χ3n) is 5.89. The van der Waals surface area contributed by atoms with Crippen molar-refractivity contribution >= 4 is 23.6 Å². The van der Waals surface area contributed by atoms with Crippen LogP contribution in [-0.4, -0.2) is 81.3 Å². The number of rotatable bonds is 6. The molecule has 1 aromatic heterocycles. The summed E-state index contributed by atoms with van der Waals surface area (Å²) in [6.07, 6.45) is 3.29. The molecule has 31 heavy (non-hydrogen) atoms. The lowest BCUT2D eigenvalue weighted by atomic mass is 10.1. The molecule has 3 heterocycles. The minimum Gasteiger partial charge on any atom is -0.411 e. The molecule has 2 aromatic rings. The number of amides is 1. The first kappa shape index (κ1) is 21.9. The quantitative estimate of drug-likeness (QED) is 0.421. The second-order valence-corrected chi connectivity index (χ2v) is 9.12. The molecule has 0 bridgehead atoms. The minimum absolute atomic E-state index is 0.00154. The fraction of sp³-hybridized carbons (Fsp3) is 0.455. The number of benzene rings is 1. The first-order valence-electron chi connectivity index (χ1n) is 10.6. The third-order valence-corrected chi connectivity index (χ3v) is 7.00. The van der Waals surface area contributed by atoms with Crippen molar-refractivity contribution in [2.45, 2.75) is 17.7 Å². The number of aromatic nitrogens is 1. The first-order chi connectivity index (χ1) is 15.0. The largest absolute Gasteiger partial charge is 0.411 e. The smallest absolute Gasteiger partial charge is 0.271 e. The average molecular weight is 446 g/mol. The minimum atomic E-state index is -0.208. The van der Waals surface area contributed by atoms with Gasteiger partial charge in [0.2, 0.25) is 0 Å². The van der Waals surface area contributed by atoms with E-state index in [1.54, 1.807) is 16.5 Å². The number of fused-ring (bicyclic) bond motifs is 1. The van der Waals surface area contributed by atoms with Gasteiger partial charge in [0, 0.05) is 69.4 Å². The Labute approximate surface area is 186 Å². The Morgan fingerprint density at radius 2 is 1.81 bits per heavy atom. The molecule has 4 rings (SSSR count). The summed E-state index contributed by atoms with van der Waals surface area (Å²) in [5, 5.41) is 12.8. The zero-order valence-electron chi connectivity index (χ0n) is 17.7. The lowest BCUT2D eigenvalue weighted by Crippen LogP contribution is -2.44. The van der Waals surface area contributed by atoms with Crippen LogP contribution < -0.4 is 0 Å². The molecule has 1 amide bonds. The number of oxime groups is 1. The number of carbonyl (C=O) groups is 1. The van der Waals surface area contributed by atoms with Crippen molar-refractivity contribution in [3.63, 3.8) is 0 Å². The summed E-state index contributed by atoms with van der Waals surface area (Å²) in [5.41, 5.74) is 1.89. The van der Waals surface area contributed by atoms with Gasteiger partial charge in [0.1, 0.15) is 11.5 Å². The van der Waals surface area contributed by atoms with Crippen LogP contribution in [0, 0.1) is 5.82 Å². The Balaban J connectivity index is 1.24. The van der Waals surface area contributed by atoms with Crippen LogP contribution in [0.4, 0.5) is 4.39 Å². The molecular weight excluding hydrogens is 417 g/mol.